The molecule has 402 valence electrons. The third-order valence-electron chi connectivity index (χ3n) is 13.0. The van der Waals surface area contributed by atoms with Crippen LogP contribution >= 0.6 is 68.0 Å². The number of amides is 5. The molecule has 10 bridgehead atoms. The van der Waals surface area contributed by atoms with Gasteiger partial charge in [-0.2, -0.15) is 0 Å². The lowest BCUT2D eigenvalue weighted by molar-refractivity contribution is -0.124. The summed E-state index contributed by atoms with van der Waals surface area (Å²) in [4.78, 5) is 117. The normalized spacial score (nSPS) is 17.6. The van der Waals surface area contributed by atoms with Crippen LogP contribution < -0.4 is 27.0 Å². The molecule has 0 saturated carbocycles. The van der Waals surface area contributed by atoms with Crippen molar-refractivity contribution in [3.05, 3.63) is 153 Å². The number of rotatable bonds is 9. The molecule has 79 heavy (non-hydrogen) atoms. The molecule has 6 N–H and O–H groups in total. The number of hydrogen-bond acceptors (Lipinski definition) is 19. The Kier molecular flexibility index (Phi) is 16.2. The van der Waals surface area contributed by atoms with Crippen molar-refractivity contribution in [3.63, 3.8) is 0 Å². The summed E-state index contributed by atoms with van der Waals surface area (Å²) in [6, 6.07) is 17.5. The highest BCUT2D eigenvalue weighted by Gasteiger charge is 2.33. The van der Waals surface area contributed by atoms with E-state index in [0.29, 0.717) is 63.9 Å². The van der Waals surface area contributed by atoms with Crippen LogP contribution in [0.5, 0.6) is 0 Å². The van der Waals surface area contributed by atoms with Crippen molar-refractivity contribution in [1.29, 1.82) is 0 Å². The fourth-order valence-corrected chi connectivity index (χ4v) is 14.1. The number of nitrogens with two attached hydrogens (primary N) is 1. The predicted molar refractivity (Wildman–Crippen MR) is 309 cm³/mol. The first-order valence-electron chi connectivity index (χ1n) is 24.9. The fraction of sp³-hybridized carbons (Fsp3) is 0.255. The molecule has 0 radical (unpaired) electrons. The highest BCUT2D eigenvalue weighted by atomic mass is 32.1. The number of thiazole rings is 6. The molecule has 2 aromatic carbocycles. The quantitative estimate of drug-likeness (QED) is 0.0843. The zero-order chi connectivity index (χ0) is 55.6. The van der Waals surface area contributed by atoms with Gasteiger partial charge in [-0.25, -0.2) is 34.9 Å². The second-order valence-electron chi connectivity index (χ2n) is 19.2. The van der Waals surface area contributed by atoms with Crippen molar-refractivity contribution < 1.29 is 28.8 Å². The van der Waals surface area contributed by atoms with Crippen LogP contribution in [0.25, 0.3) is 43.4 Å². The fourth-order valence-electron chi connectivity index (χ4n) is 8.70. The first kappa shape index (κ1) is 54.7. The number of pyridine rings is 1. The second-order valence-corrected chi connectivity index (χ2v) is 24.7. The average Bonchev–Trinajstić information content (AvgIpc) is 4.40. The number of carbonyl (C=O) groups excluding carboxylic acids is 6. The van der Waals surface area contributed by atoms with E-state index in [1.165, 1.54) is 63.6 Å². The van der Waals surface area contributed by atoms with Crippen molar-refractivity contribution in [3.8, 4) is 43.4 Å². The molecule has 0 fully saturated rings. The minimum absolute atomic E-state index is 0.0437. The topological polar surface area (TPSA) is 267 Å². The molecule has 18 nitrogen and oxygen atoms in total. The molecule has 5 atom stereocenters. The number of nitrogens with one attached hydrogen (secondary N) is 4. The monoisotopic (exact) mass is 1170 g/mol. The van der Waals surface area contributed by atoms with Crippen LogP contribution in [0.15, 0.2) is 93.6 Å². The zero-order valence-electron chi connectivity index (χ0n) is 43.2. The Morgan fingerprint density at radius 2 is 1.19 bits per heavy atom. The number of nitrogens with zero attached hydrogens (tertiary/aromatic N) is 7. The van der Waals surface area contributed by atoms with Gasteiger partial charge in [-0.1, -0.05) is 80.9 Å². The zero-order valence-corrected chi connectivity index (χ0v) is 48.1. The molecule has 5 unspecified atom stereocenters. The Balaban J connectivity index is 1.07. The molecule has 9 aromatic rings. The number of carbonyl (C=O) groups is 6. The van der Waals surface area contributed by atoms with Gasteiger partial charge < -0.3 is 27.0 Å². The lowest BCUT2D eigenvalue weighted by Crippen LogP contribution is -2.49. The molecular weight excluding hydrogens is 1120 g/mol. The van der Waals surface area contributed by atoms with Gasteiger partial charge in [-0.15, -0.1) is 68.0 Å². The highest BCUT2D eigenvalue weighted by Crippen LogP contribution is 2.40. The Morgan fingerprint density at radius 3 is 1.90 bits per heavy atom. The van der Waals surface area contributed by atoms with Gasteiger partial charge in [-0.3, -0.25) is 28.8 Å². The standard InChI is InChI=1S/C55H50N12O6S6/c1-25(2)42-54-64-40(24-78-54)52-61-37(21-76-52)45-32(16-17-33(57-45)51-60-36(20-75-51)28(5)68)50-62-38(22-74-50)48(72)59-35(19-41(56)69)53-67-44(29(6)79-53)49(73)66-43(27(4)31-10-8-7-9-11-31)55-63-39(23-77-55)47(71)58-34(46(70)65-42)18-30-14-12-26(3)13-15-30/h7-17,20-25,27,34-35,42-43H,18-19H2,1-6H3,(H2,56,69)(H,58,71)(H,59,72)(H,65,70)(H,66,73). The van der Waals surface area contributed by atoms with Gasteiger partial charge in [0.05, 0.1) is 30.2 Å². The van der Waals surface area contributed by atoms with Crippen LogP contribution in [0.3, 0.4) is 0 Å². The van der Waals surface area contributed by atoms with E-state index in [9.17, 15) is 28.8 Å². The van der Waals surface area contributed by atoms with E-state index in [1.54, 1.807) is 29.1 Å². The van der Waals surface area contributed by atoms with Gasteiger partial charge in [0, 0.05) is 56.6 Å². The number of primary amides is 1. The minimum atomic E-state index is -1.04. The van der Waals surface area contributed by atoms with Gasteiger partial charge >= 0.3 is 0 Å². The van der Waals surface area contributed by atoms with Crippen molar-refractivity contribution >= 4 is 103 Å². The summed E-state index contributed by atoms with van der Waals surface area (Å²) in [5, 5.41) is 23.7. The molecule has 0 aliphatic carbocycles. The molecule has 5 amide bonds. The number of fused-ring (bicyclic) bond motifs is 14. The summed E-state index contributed by atoms with van der Waals surface area (Å²) in [5.74, 6) is -3.55. The van der Waals surface area contributed by atoms with E-state index in [4.69, 9.17) is 35.6 Å². The van der Waals surface area contributed by atoms with E-state index in [2.05, 4.69) is 26.3 Å². The number of ketones is 1. The van der Waals surface area contributed by atoms with E-state index < -0.39 is 53.7 Å². The van der Waals surface area contributed by atoms with Crippen LogP contribution in [0, 0.1) is 19.8 Å². The Labute approximate surface area is 477 Å². The van der Waals surface area contributed by atoms with Crippen LogP contribution in [-0.2, 0) is 16.0 Å². The maximum Gasteiger partial charge on any atom is 0.271 e. The maximum atomic E-state index is 14.7. The molecular formula is C55H50N12O6S6. The first-order valence-corrected chi connectivity index (χ1v) is 30.1. The van der Waals surface area contributed by atoms with E-state index >= 15 is 0 Å². The number of benzene rings is 2. The highest BCUT2D eigenvalue weighted by molar-refractivity contribution is 7.15. The maximum absolute atomic E-state index is 14.7. The molecule has 7 aromatic heterocycles. The molecule has 1 aliphatic rings. The van der Waals surface area contributed by atoms with E-state index in [1.807, 2.05) is 99.1 Å². The van der Waals surface area contributed by atoms with Crippen LogP contribution in [-0.4, -0.2) is 76.2 Å². The smallest absolute Gasteiger partial charge is 0.271 e. The second kappa shape index (κ2) is 23.4. The lowest BCUT2D eigenvalue weighted by Gasteiger charge is -2.25. The number of aromatic nitrogens is 7. The Morgan fingerprint density at radius 1 is 0.570 bits per heavy atom. The van der Waals surface area contributed by atoms with E-state index in [0.717, 1.165) is 28.0 Å². The number of Topliss-reactive ketones (excluding diaryl/α,β-unsaturated/α-hetero) is 1. The molecule has 1 aliphatic heterocycles. The summed E-state index contributed by atoms with van der Waals surface area (Å²) in [6.07, 6.45) is -0.155. The van der Waals surface area contributed by atoms with Gasteiger partial charge in [0.1, 0.15) is 75.9 Å². The Bertz CT molecular complexity index is 3770. The van der Waals surface area contributed by atoms with Gasteiger partial charge in [0.2, 0.25) is 11.8 Å². The predicted octanol–water partition coefficient (Wildman–Crippen LogP) is 10.1. The van der Waals surface area contributed by atoms with Gasteiger partial charge in [0.25, 0.3) is 17.7 Å². The lowest BCUT2D eigenvalue weighted by atomic mass is 9.93. The third-order valence-corrected chi connectivity index (χ3v) is 18.6. The summed E-state index contributed by atoms with van der Waals surface area (Å²) in [7, 11) is 0. The van der Waals surface area contributed by atoms with E-state index in [-0.39, 0.29) is 52.6 Å². The molecule has 0 saturated heterocycles. The molecule has 24 heteroatoms. The van der Waals surface area contributed by atoms with Crippen LogP contribution in [0.1, 0.15) is 137 Å². The molecule has 10 rings (SSSR count). The average molecular weight is 1170 g/mol. The first-order chi connectivity index (χ1) is 38.0. The third kappa shape index (κ3) is 12.2. The summed E-state index contributed by atoms with van der Waals surface area (Å²) >= 11 is 7.53. The van der Waals surface area contributed by atoms with Gasteiger partial charge in [-0.05, 0) is 43.0 Å². The number of hydrogen-bond donors (Lipinski definition) is 5. The molecule has 8 heterocycles. The van der Waals surface area contributed by atoms with Crippen LogP contribution in [0.4, 0.5) is 0 Å². The van der Waals surface area contributed by atoms with Crippen molar-refractivity contribution in [2.45, 2.75) is 84.5 Å². The summed E-state index contributed by atoms with van der Waals surface area (Å²) in [5.41, 5.74) is 11.5. The van der Waals surface area contributed by atoms with Crippen LogP contribution in [0.2, 0.25) is 0 Å². The van der Waals surface area contributed by atoms with Crippen molar-refractivity contribution in [2.75, 3.05) is 0 Å². The Hall–Kier alpha value is -7.61. The van der Waals surface area contributed by atoms with Crippen molar-refractivity contribution in [2.24, 2.45) is 11.7 Å². The van der Waals surface area contributed by atoms with Crippen molar-refractivity contribution in [1.82, 2.24) is 56.2 Å². The summed E-state index contributed by atoms with van der Waals surface area (Å²) < 4.78 is 0. The number of aryl methyl sites for hydroxylation is 2. The largest absolute Gasteiger partial charge is 0.370 e. The molecule has 0 spiro atoms. The SMILES string of the molecule is CC(=O)c1csc(-c2ccc3c(n2)-c2csc(n2)-c2csc(n2)C(C(C)C)NC(=O)C(Cc2ccc(C)cc2)NC(=O)c2csc(n2)C(C(C)c2ccccc2)NC(=O)c2nc(sc2C)C(CC(N)=O)NC(=O)c2csc-3n2)n1. The summed E-state index contributed by atoms with van der Waals surface area (Å²) in [6.45, 7) is 11.1. The van der Waals surface area contributed by atoms with Gasteiger partial charge in [0.15, 0.2) is 5.78 Å². The minimum Gasteiger partial charge on any atom is -0.370 e.